The van der Waals surface area contributed by atoms with E-state index in [0.29, 0.717) is 12.2 Å². The first-order valence-electron chi connectivity index (χ1n) is 5.56. The van der Waals surface area contributed by atoms with Gasteiger partial charge in [-0.15, -0.1) is 0 Å². The first kappa shape index (κ1) is 12.7. The molecule has 0 aliphatic carbocycles. The van der Waals surface area contributed by atoms with Gasteiger partial charge in [-0.1, -0.05) is 18.2 Å². The molecule has 1 aliphatic rings. The fraction of sp³-hybridized carbons (Fsp3) is 0.417. The van der Waals surface area contributed by atoms with Crippen LogP contribution in [-0.2, 0) is 11.2 Å². The van der Waals surface area contributed by atoms with E-state index < -0.39 is 18.2 Å². The van der Waals surface area contributed by atoms with E-state index >= 15 is 0 Å². The number of benzene rings is 1. The number of halogens is 3. The van der Waals surface area contributed by atoms with E-state index in [-0.39, 0.29) is 6.54 Å². The number of rotatable bonds is 2. The van der Waals surface area contributed by atoms with Gasteiger partial charge in [0.05, 0.1) is 6.54 Å². The highest BCUT2D eigenvalue weighted by Gasteiger charge is 2.38. The van der Waals surface area contributed by atoms with E-state index in [1.807, 2.05) is 17.4 Å². The van der Waals surface area contributed by atoms with Crippen LogP contribution in [0.3, 0.4) is 0 Å². The summed E-state index contributed by atoms with van der Waals surface area (Å²) >= 11 is 0. The summed E-state index contributed by atoms with van der Waals surface area (Å²) in [5, 5.41) is 1.83. The number of carbonyl (C=O) groups is 1. The van der Waals surface area contributed by atoms with Crippen molar-refractivity contribution < 1.29 is 22.7 Å². The summed E-state index contributed by atoms with van der Waals surface area (Å²) in [7, 11) is 0. The maximum absolute atomic E-state index is 12.0. The molecule has 0 fully saturated rings. The van der Waals surface area contributed by atoms with E-state index in [0.717, 1.165) is 12.0 Å². The summed E-state index contributed by atoms with van der Waals surface area (Å²) in [5.41, 5.74) is 1.04. The Morgan fingerprint density at radius 2 is 2.11 bits per heavy atom. The van der Waals surface area contributed by atoms with Crippen LogP contribution in [0.2, 0.25) is 0 Å². The van der Waals surface area contributed by atoms with Gasteiger partial charge >= 0.3 is 12.1 Å². The molecule has 0 unspecified atom stereocenters. The Morgan fingerprint density at radius 3 is 2.83 bits per heavy atom. The van der Waals surface area contributed by atoms with Crippen LogP contribution >= 0.6 is 0 Å². The van der Waals surface area contributed by atoms with Crippen LogP contribution in [0.4, 0.5) is 13.2 Å². The van der Waals surface area contributed by atoms with Gasteiger partial charge in [0.2, 0.25) is 0 Å². The maximum atomic E-state index is 12.0. The van der Waals surface area contributed by atoms with Gasteiger partial charge in [0.15, 0.2) is 0 Å². The zero-order valence-corrected chi connectivity index (χ0v) is 9.46. The summed E-state index contributed by atoms with van der Waals surface area (Å²) in [6.07, 6.45) is -3.92. The van der Waals surface area contributed by atoms with Crippen molar-refractivity contribution >= 4 is 5.91 Å². The fourth-order valence-electron chi connectivity index (χ4n) is 1.83. The third-order valence-corrected chi connectivity index (χ3v) is 2.75. The third-order valence-electron chi connectivity index (χ3n) is 2.75. The second-order valence-corrected chi connectivity index (χ2v) is 4.09. The predicted molar refractivity (Wildman–Crippen MR) is 58.2 cm³/mol. The van der Waals surface area contributed by atoms with E-state index in [1.54, 1.807) is 12.1 Å². The number of alkyl halides is 3. The van der Waals surface area contributed by atoms with Crippen molar-refractivity contribution in [1.29, 1.82) is 0 Å². The van der Waals surface area contributed by atoms with Gasteiger partial charge in [-0.2, -0.15) is 13.2 Å². The van der Waals surface area contributed by atoms with E-state index in [4.69, 9.17) is 4.74 Å². The topological polar surface area (TPSA) is 38.3 Å². The van der Waals surface area contributed by atoms with Crippen LogP contribution in [0.1, 0.15) is 12.0 Å². The molecule has 0 radical (unpaired) electrons. The minimum Gasteiger partial charge on any atom is -0.488 e. The molecule has 0 saturated carbocycles. The Bertz CT molecular complexity index is 445. The Balaban J connectivity index is 1.89. The van der Waals surface area contributed by atoms with Crippen molar-refractivity contribution in [3.63, 3.8) is 0 Å². The molecule has 1 N–H and O–H groups in total. The lowest BCUT2D eigenvalue weighted by Crippen LogP contribution is -2.43. The number of fused-ring (bicyclic) bond motifs is 1. The van der Waals surface area contributed by atoms with E-state index in [1.165, 1.54) is 0 Å². The highest BCUT2D eigenvalue weighted by atomic mass is 19.4. The molecule has 98 valence electrons. The maximum Gasteiger partial charge on any atom is 0.471 e. The molecule has 1 aliphatic heterocycles. The second kappa shape index (κ2) is 4.88. The largest absolute Gasteiger partial charge is 0.488 e. The van der Waals surface area contributed by atoms with Crippen molar-refractivity contribution in [2.45, 2.75) is 25.1 Å². The number of hydrogen-bond donors (Lipinski definition) is 1. The Hall–Kier alpha value is -1.72. The minimum absolute atomic E-state index is 0.132. The van der Waals surface area contributed by atoms with Crippen LogP contribution in [0.25, 0.3) is 0 Å². The molecular weight excluding hydrogens is 247 g/mol. The van der Waals surface area contributed by atoms with E-state index in [2.05, 4.69) is 0 Å². The standard InChI is InChI=1S/C12H12F3NO2/c13-12(14,15)11(17)16-7-9-6-5-8-3-1-2-4-10(8)18-9/h1-4,9H,5-7H2,(H,16,17)/t9-/m1/s1. The van der Waals surface area contributed by atoms with Gasteiger partial charge in [-0.05, 0) is 24.5 Å². The molecule has 0 spiro atoms. The molecule has 0 bridgehead atoms. The lowest BCUT2D eigenvalue weighted by atomic mass is 10.0. The number of amides is 1. The number of hydrogen-bond acceptors (Lipinski definition) is 2. The van der Waals surface area contributed by atoms with Crippen LogP contribution < -0.4 is 10.1 Å². The Labute approximate surface area is 102 Å². The van der Waals surface area contributed by atoms with Crippen molar-refractivity contribution in [3.8, 4) is 5.75 Å². The minimum atomic E-state index is -4.84. The molecule has 18 heavy (non-hydrogen) atoms. The number of para-hydroxylation sites is 1. The lowest BCUT2D eigenvalue weighted by molar-refractivity contribution is -0.173. The van der Waals surface area contributed by atoms with Crippen molar-refractivity contribution in [2.75, 3.05) is 6.54 Å². The summed E-state index contributed by atoms with van der Waals surface area (Å²) in [6, 6.07) is 7.37. The van der Waals surface area contributed by atoms with Gasteiger partial charge in [0.1, 0.15) is 11.9 Å². The van der Waals surface area contributed by atoms with Gasteiger partial charge in [0, 0.05) is 0 Å². The second-order valence-electron chi connectivity index (χ2n) is 4.09. The van der Waals surface area contributed by atoms with Gasteiger partial charge in [0.25, 0.3) is 0 Å². The molecule has 3 nitrogen and oxygen atoms in total. The number of nitrogens with one attached hydrogen (secondary N) is 1. The number of carbonyl (C=O) groups excluding carboxylic acids is 1. The summed E-state index contributed by atoms with van der Waals surface area (Å²) < 4.78 is 41.5. The predicted octanol–water partition coefficient (Wildman–Crippen LogP) is 2.06. The van der Waals surface area contributed by atoms with Gasteiger partial charge in [-0.25, -0.2) is 0 Å². The Kier molecular flexibility index (Phi) is 3.45. The zero-order valence-electron chi connectivity index (χ0n) is 9.46. The zero-order chi connectivity index (χ0) is 13.2. The van der Waals surface area contributed by atoms with Crippen molar-refractivity contribution in [3.05, 3.63) is 29.8 Å². The molecule has 6 heteroatoms. The summed E-state index contributed by atoms with van der Waals surface area (Å²) in [5.74, 6) is -1.25. The molecule has 1 aromatic rings. The molecular formula is C12H12F3NO2. The quantitative estimate of drug-likeness (QED) is 0.882. The first-order chi connectivity index (χ1) is 8.47. The van der Waals surface area contributed by atoms with Gasteiger partial charge in [-0.3, -0.25) is 4.79 Å². The molecule has 1 heterocycles. The van der Waals surface area contributed by atoms with Crippen molar-refractivity contribution in [1.82, 2.24) is 5.32 Å². The van der Waals surface area contributed by atoms with Crippen LogP contribution in [0.5, 0.6) is 5.75 Å². The number of ether oxygens (including phenoxy) is 1. The molecule has 1 aromatic carbocycles. The molecule has 2 rings (SSSR count). The average Bonchev–Trinajstić information content (AvgIpc) is 2.34. The smallest absolute Gasteiger partial charge is 0.471 e. The SMILES string of the molecule is O=C(NC[C@H]1CCc2ccccc2O1)C(F)(F)F. The molecule has 0 aromatic heterocycles. The van der Waals surface area contributed by atoms with Crippen LogP contribution in [-0.4, -0.2) is 24.7 Å². The fourth-order valence-corrected chi connectivity index (χ4v) is 1.83. The lowest BCUT2D eigenvalue weighted by Gasteiger charge is -2.26. The monoisotopic (exact) mass is 259 g/mol. The molecule has 1 atom stereocenters. The van der Waals surface area contributed by atoms with Crippen molar-refractivity contribution in [2.24, 2.45) is 0 Å². The van der Waals surface area contributed by atoms with Crippen LogP contribution in [0, 0.1) is 0 Å². The van der Waals surface area contributed by atoms with E-state index in [9.17, 15) is 18.0 Å². The first-order valence-corrected chi connectivity index (χ1v) is 5.56. The molecule has 0 saturated heterocycles. The highest BCUT2D eigenvalue weighted by molar-refractivity contribution is 5.81. The van der Waals surface area contributed by atoms with Gasteiger partial charge < -0.3 is 10.1 Å². The Morgan fingerprint density at radius 1 is 1.39 bits per heavy atom. The van der Waals surface area contributed by atoms with Crippen LogP contribution in [0.15, 0.2) is 24.3 Å². The normalized spacial score (nSPS) is 18.7. The summed E-state index contributed by atoms with van der Waals surface area (Å²) in [4.78, 5) is 10.7. The molecule has 1 amide bonds. The number of aryl methyl sites for hydroxylation is 1. The average molecular weight is 259 g/mol. The summed E-state index contributed by atoms with van der Waals surface area (Å²) in [6.45, 7) is -0.132. The third kappa shape index (κ3) is 2.94. The highest BCUT2D eigenvalue weighted by Crippen LogP contribution is 2.26.